The van der Waals surface area contributed by atoms with Gasteiger partial charge >= 0.3 is 5.91 Å². The fourth-order valence-corrected chi connectivity index (χ4v) is 4.86. The molecule has 4 aromatic rings. The Labute approximate surface area is 215 Å². The SMILES string of the molecule is COc1ccc(/C(O)=C2\C(=O)C(=O)N(c3nc4ccccc4[nH]3)C2c2cccc(C)c2)cc1C(C)(C)C. The largest absolute Gasteiger partial charge is 0.507 e. The van der Waals surface area contributed by atoms with Gasteiger partial charge in [0, 0.05) is 11.1 Å². The molecule has 188 valence electrons. The molecule has 1 unspecified atom stereocenters. The molecule has 1 aromatic heterocycles. The number of ether oxygens (including phenoxy) is 1. The summed E-state index contributed by atoms with van der Waals surface area (Å²) in [6.45, 7) is 8.07. The van der Waals surface area contributed by atoms with Crippen molar-refractivity contribution in [2.75, 3.05) is 12.0 Å². The van der Waals surface area contributed by atoms with Gasteiger partial charge in [-0.05, 0) is 48.2 Å². The number of methoxy groups -OCH3 is 1. The topological polar surface area (TPSA) is 95.5 Å². The lowest BCUT2D eigenvalue weighted by atomic mass is 9.84. The van der Waals surface area contributed by atoms with E-state index in [0.29, 0.717) is 22.4 Å². The van der Waals surface area contributed by atoms with Crippen LogP contribution in [0.5, 0.6) is 5.75 Å². The van der Waals surface area contributed by atoms with Gasteiger partial charge in [0.2, 0.25) is 5.95 Å². The Morgan fingerprint density at radius 2 is 1.78 bits per heavy atom. The van der Waals surface area contributed by atoms with Gasteiger partial charge in [-0.1, -0.05) is 62.7 Å². The summed E-state index contributed by atoms with van der Waals surface area (Å²) in [5.74, 6) is -0.827. The zero-order valence-electron chi connectivity index (χ0n) is 21.5. The highest BCUT2D eigenvalue weighted by atomic mass is 16.5. The first kappa shape index (κ1) is 24.3. The number of Topliss-reactive ketones (excluding diaryl/α,β-unsaturated/α-hetero) is 1. The van der Waals surface area contributed by atoms with E-state index in [4.69, 9.17) is 4.74 Å². The summed E-state index contributed by atoms with van der Waals surface area (Å²) in [6, 6.07) is 19.4. The average molecular weight is 496 g/mol. The van der Waals surface area contributed by atoms with E-state index in [9.17, 15) is 14.7 Å². The monoisotopic (exact) mass is 495 g/mol. The summed E-state index contributed by atoms with van der Waals surface area (Å²) in [6.07, 6.45) is 0. The molecule has 1 aliphatic heterocycles. The molecule has 1 atom stereocenters. The predicted molar refractivity (Wildman–Crippen MR) is 144 cm³/mol. The summed E-state index contributed by atoms with van der Waals surface area (Å²) in [5, 5.41) is 11.6. The molecule has 1 amide bonds. The normalized spacial score (nSPS) is 17.5. The van der Waals surface area contributed by atoms with Crippen LogP contribution in [0.2, 0.25) is 0 Å². The molecular weight excluding hydrogens is 466 g/mol. The van der Waals surface area contributed by atoms with Crippen molar-refractivity contribution in [3.63, 3.8) is 0 Å². The fraction of sp³-hybridized carbons (Fsp3) is 0.233. The molecule has 3 aromatic carbocycles. The number of carbonyl (C=O) groups excluding carboxylic acids is 2. The Bertz CT molecular complexity index is 1540. The molecule has 2 heterocycles. The molecule has 0 radical (unpaired) electrons. The van der Waals surface area contributed by atoms with E-state index in [1.165, 1.54) is 4.90 Å². The van der Waals surface area contributed by atoms with Crippen LogP contribution < -0.4 is 9.64 Å². The number of rotatable bonds is 4. The maximum Gasteiger partial charge on any atom is 0.302 e. The number of hydrogen-bond acceptors (Lipinski definition) is 5. The van der Waals surface area contributed by atoms with Gasteiger partial charge in [-0.15, -0.1) is 0 Å². The van der Waals surface area contributed by atoms with Gasteiger partial charge in [0.1, 0.15) is 11.5 Å². The quantitative estimate of drug-likeness (QED) is 0.212. The van der Waals surface area contributed by atoms with Crippen molar-refractivity contribution < 1.29 is 19.4 Å². The average Bonchev–Trinajstić information content (AvgIpc) is 3.41. The lowest BCUT2D eigenvalue weighted by Crippen LogP contribution is -2.30. The Kier molecular flexibility index (Phi) is 5.86. The number of H-pyrrole nitrogens is 1. The van der Waals surface area contributed by atoms with E-state index in [1.54, 1.807) is 19.2 Å². The van der Waals surface area contributed by atoms with Crippen LogP contribution in [0.25, 0.3) is 16.8 Å². The number of aryl methyl sites for hydroxylation is 1. The van der Waals surface area contributed by atoms with Gasteiger partial charge in [0.25, 0.3) is 5.78 Å². The van der Waals surface area contributed by atoms with Gasteiger partial charge < -0.3 is 14.8 Å². The van der Waals surface area contributed by atoms with Gasteiger partial charge in [0.05, 0.1) is 29.8 Å². The van der Waals surface area contributed by atoms with E-state index in [2.05, 4.69) is 9.97 Å². The molecular formula is C30H29N3O4. The van der Waals surface area contributed by atoms with Crippen LogP contribution >= 0.6 is 0 Å². The maximum absolute atomic E-state index is 13.5. The first-order chi connectivity index (χ1) is 17.6. The first-order valence-electron chi connectivity index (χ1n) is 12.1. The lowest BCUT2D eigenvalue weighted by molar-refractivity contribution is -0.132. The highest BCUT2D eigenvalue weighted by Gasteiger charge is 2.48. The van der Waals surface area contributed by atoms with Crippen LogP contribution in [0.3, 0.4) is 0 Å². The van der Waals surface area contributed by atoms with Crippen LogP contribution in [-0.4, -0.2) is 33.9 Å². The van der Waals surface area contributed by atoms with Gasteiger partial charge in [0.15, 0.2) is 0 Å². The number of nitrogens with one attached hydrogen (secondary N) is 1. The van der Waals surface area contributed by atoms with Gasteiger partial charge in [-0.3, -0.25) is 14.5 Å². The minimum absolute atomic E-state index is 0.0149. The molecule has 0 bridgehead atoms. The number of aliphatic hydroxyl groups excluding tert-OH is 1. The number of hydrogen-bond donors (Lipinski definition) is 2. The number of imidazole rings is 1. The van der Waals surface area contributed by atoms with Crippen LogP contribution in [0.4, 0.5) is 5.95 Å². The first-order valence-corrected chi connectivity index (χ1v) is 12.1. The zero-order valence-corrected chi connectivity index (χ0v) is 21.5. The third kappa shape index (κ3) is 4.16. The van der Waals surface area contributed by atoms with Crippen LogP contribution in [0.1, 0.15) is 49.1 Å². The number of amides is 1. The zero-order chi connectivity index (χ0) is 26.5. The molecule has 7 nitrogen and oxygen atoms in total. The van der Waals surface area contributed by atoms with Crippen molar-refractivity contribution >= 4 is 34.4 Å². The van der Waals surface area contributed by atoms with Crippen LogP contribution in [0, 0.1) is 6.92 Å². The van der Waals surface area contributed by atoms with E-state index in [0.717, 1.165) is 16.6 Å². The number of para-hydroxylation sites is 2. The molecule has 0 saturated carbocycles. The third-order valence-corrected chi connectivity index (χ3v) is 6.69. The third-order valence-electron chi connectivity index (χ3n) is 6.69. The van der Waals surface area contributed by atoms with Crippen molar-refractivity contribution in [3.05, 3.63) is 94.6 Å². The number of carbonyl (C=O) groups is 2. The molecule has 5 rings (SSSR count). The molecule has 37 heavy (non-hydrogen) atoms. The standard InChI is InChI=1S/C30H29N3O4/c1-17-9-8-10-18(15-17)25-24(26(34)19-13-14-23(37-5)20(16-19)30(2,3)4)27(35)28(36)33(25)29-31-21-11-6-7-12-22(21)32-29/h6-16,25,34H,1-5H3,(H,31,32)/b26-24+. The van der Waals surface area contributed by atoms with E-state index in [1.807, 2.05) is 82.3 Å². The molecule has 0 aliphatic carbocycles. The number of fused-ring (bicyclic) bond motifs is 1. The van der Waals surface area contributed by atoms with Gasteiger partial charge in [-0.2, -0.15) is 0 Å². The number of benzene rings is 3. The highest BCUT2D eigenvalue weighted by Crippen LogP contribution is 2.43. The molecule has 7 heteroatoms. The van der Waals surface area contributed by atoms with E-state index in [-0.39, 0.29) is 22.7 Å². The number of aromatic nitrogens is 2. The summed E-state index contributed by atoms with van der Waals surface area (Å²) in [7, 11) is 1.60. The number of nitrogens with zero attached hydrogens (tertiary/aromatic N) is 2. The van der Waals surface area contributed by atoms with Crippen LogP contribution in [0.15, 0.2) is 72.3 Å². The van der Waals surface area contributed by atoms with Crippen molar-refractivity contribution in [2.24, 2.45) is 0 Å². The molecule has 0 spiro atoms. The van der Waals surface area contributed by atoms with E-state index >= 15 is 0 Å². The second-order valence-corrected chi connectivity index (χ2v) is 10.3. The van der Waals surface area contributed by atoms with Crippen molar-refractivity contribution in [3.8, 4) is 5.75 Å². The van der Waals surface area contributed by atoms with Crippen molar-refractivity contribution in [1.82, 2.24) is 9.97 Å². The summed E-state index contributed by atoms with van der Waals surface area (Å²) in [5.41, 5.74) is 4.13. The van der Waals surface area contributed by atoms with E-state index < -0.39 is 17.7 Å². The molecule has 1 fully saturated rings. The lowest BCUT2D eigenvalue weighted by Gasteiger charge is -2.24. The summed E-state index contributed by atoms with van der Waals surface area (Å²) < 4.78 is 5.54. The highest BCUT2D eigenvalue weighted by molar-refractivity contribution is 6.51. The van der Waals surface area contributed by atoms with Crippen LogP contribution in [-0.2, 0) is 15.0 Å². The minimum Gasteiger partial charge on any atom is -0.507 e. The number of aliphatic hydroxyl groups is 1. The fourth-order valence-electron chi connectivity index (χ4n) is 4.86. The second-order valence-electron chi connectivity index (χ2n) is 10.3. The Balaban J connectivity index is 1.74. The Hall–Kier alpha value is -4.39. The minimum atomic E-state index is -0.861. The molecule has 2 N–H and O–H groups in total. The van der Waals surface area contributed by atoms with Crippen molar-refractivity contribution in [2.45, 2.75) is 39.2 Å². The van der Waals surface area contributed by atoms with Crippen molar-refractivity contribution in [1.29, 1.82) is 0 Å². The summed E-state index contributed by atoms with van der Waals surface area (Å²) in [4.78, 5) is 36.1. The smallest absolute Gasteiger partial charge is 0.302 e. The van der Waals surface area contributed by atoms with Gasteiger partial charge in [-0.25, -0.2) is 4.98 Å². The molecule has 1 aliphatic rings. The Morgan fingerprint density at radius 3 is 2.46 bits per heavy atom. The summed E-state index contributed by atoms with van der Waals surface area (Å²) >= 11 is 0. The maximum atomic E-state index is 13.5. The number of ketones is 1. The predicted octanol–water partition coefficient (Wildman–Crippen LogP) is 5.80. The second kappa shape index (κ2) is 8.92. The number of anilines is 1. The Morgan fingerprint density at radius 1 is 1.03 bits per heavy atom. The number of aromatic amines is 1. The molecule has 1 saturated heterocycles.